The molecule has 3 aromatic heterocycles. The van der Waals surface area contributed by atoms with E-state index in [0.29, 0.717) is 207 Å². The topological polar surface area (TPSA) is 404 Å². The zero-order valence-electron chi connectivity index (χ0n) is 61.3. The number of carboxylic acid groups (broad SMARTS) is 2. The molecule has 5 aromatic rings. The van der Waals surface area contributed by atoms with Gasteiger partial charge >= 0.3 is 11.9 Å². The molecule has 0 atom stereocenters. The monoisotopic (exact) mass is 1470 g/mol. The highest BCUT2D eigenvalue weighted by atomic mass is 32.2. The summed E-state index contributed by atoms with van der Waals surface area (Å²) in [5, 5.41) is 32.8. The molecule has 5 aliphatic heterocycles. The highest BCUT2D eigenvalue weighted by Gasteiger charge is 2.35. The summed E-state index contributed by atoms with van der Waals surface area (Å²) in [5.41, 5.74) is 15.3. The Hall–Kier alpha value is -8.74. The van der Waals surface area contributed by atoms with Crippen LogP contribution in [0.15, 0.2) is 53.4 Å². The second-order valence-electron chi connectivity index (χ2n) is 30.3. The van der Waals surface area contributed by atoms with Gasteiger partial charge in [0.05, 0.1) is 16.7 Å². The summed E-state index contributed by atoms with van der Waals surface area (Å²) in [6, 6.07) is 9.79. The molecule has 0 spiro atoms. The van der Waals surface area contributed by atoms with E-state index in [9.17, 15) is 52.0 Å². The maximum Gasteiger partial charge on any atom is 0.306 e. The molecule has 29 nitrogen and oxygen atoms in total. The van der Waals surface area contributed by atoms with Crippen molar-refractivity contribution in [2.45, 2.75) is 209 Å². The normalized spacial score (nSPS) is 19.4. The number of fused-ring (bicyclic) bond motifs is 1. The Morgan fingerprint density at radius 3 is 1.33 bits per heavy atom. The van der Waals surface area contributed by atoms with E-state index in [1.54, 1.807) is 18.2 Å². The van der Waals surface area contributed by atoms with Gasteiger partial charge in [-0.25, -0.2) is 4.98 Å². The minimum absolute atomic E-state index is 0.0217. The Balaban J connectivity index is 0.674. The van der Waals surface area contributed by atoms with Crippen molar-refractivity contribution < 1.29 is 52.0 Å². The van der Waals surface area contributed by atoms with E-state index in [4.69, 9.17) is 41.4 Å². The summed E-state index contributed by atoms with van der Waals surface area (Å²) < 4.78 is 35.3. The van der Waals surface area contributed by atoms with Gasteiger partial charge in [-0.05, 0) is 193 Å². The third kappa shape index (κ3) is 19.9. The summed E-state index contributed by atoms with van der Waals surface area (Å²) in [5.74, 6) is 0.355. The third-order valence-corrected chi connectivity index (χ3v) is 23.3. The number of amides is 4. The van der Waals surface area contributed by atoms with Crippen LogP contribution >= 0.6 is 0 Å². The van der Waals surface area contributed by atoms with Gasteiger partial charge in [0.25, 0.3) is 21.9 Å². The number of anilines is 5. The number of pyridine rings is 1. The van der Waals surface area contributed by atoms with Crippen LogP contribution in [0.25, 0.3) is 21.9 Å². The van der Waals surface area contributed by atoms with E-state index in [-0.39, 0.29) is 83.1 Å². The Morgan fingerprint density at radius 1 is 0.524 bits per heavy atom. The zero-order valence-corrected chi connectivity index (χ0v) is 62.1. The lowest BCUT2D eigenvalue weighted by Crippen LogP contribution is -2.46. The summed E-state index contributed by atoms with van der Waals surface area (Å²) in [6.45, 7) is 18.8. The first-order valence-electron chi connectivity index (χ1n) is 37.9. The van der Waals surface area contributed by atoms with Gasteiger partial charge in [0.15, 0.2) is 0 Å². The van der Waals surface area contributed by atoms with E-state index >= 15 is 0 Å². The van der Waals surface area contributed by atoms with Crippen LogP contribution in [0.3, 0.4) is 0 Å². The molecule has 105 heavy (non-hydrogen) atoms. The average molecular weight is 1470 g/mol. The highest BCUT2D eigenvalue weighted by molar-refractivity contribution is 7.85. The van der Waals surface area contributed by atoms with Crippen molar-refractivity contribution in [1.82, 2.24) is 56.2 Å². The van der Waals surface area contributed by atoms with E-state index in [1.165, 1.54) is 12.1 Å². The zero-order chi connectivity index (χ0) is 74.7. The fourth-order valence-corrected chi connectivity index (χ4v) is 15.8. The number of aryl methyl sites for hydroxylation is 1. The van der Waals surface area contributed by atoms with Crippen LogP contribution in [0.4, 0.5) is 29.7 Å². The van der Waals surface area contributed by atoms with Gasteiger partial charge in [-0.2, -0.15) is 38.3 Å². The van der Waals surface area contributed by atoms with Crippen molar-refractivity contribution in [3.63, 3.8) is 0 Å². The van der Waals surface area contributed by atoms with Gasteiger partial charge in [-0.15, -0.1) is 0 Å². The first-order valence-corrected chi connectivity index (χ1v) is 39.3. The number of nitrogens with zero attached hydrogens (tertiary/aromatic N) is 12. The quantitative estimate of drug-likeness (QED) is 0.0134. The molecule has 0 radical (unpaired) electrons. The number of benzene rings is 2. The molecule has 8 heterocycles. The number of piperidine rings is 5. The fourth-order valence-electron chi connectivity index (χ4n) is 15.3. The van der Waals surface area contributed by atoms with E-state index in [2.05, 4.69) is 52.4 Å². The van der Waals surface area contributed by atoms with Crippen molar-refractivity contribution in [2.24, 2.45) is 23.3 Å². The molecule has 11 N–H and O–H groups in total. The minimum Gasteiger partial charge on any atom is -0.481 e. The molecule has 6 aliphatic rings. The number of aromatic nitrogens is 7. The number of carboxylic acids is 2. The van der Waals surface area contributed by atoms with Crippen LogP contribution in [-0.4, -0.2) is 196 Å². The van der Waals surface area contributed by atoms with E-state index in [1.807, 2.05) is 38.7 Å². The molecule has 0 bridgehead atoms. The molecule has 2 aromatic carbocycles. The smallest absolute Gasteiger partial charge is 0.306 e. The lowest BCUT2D eigenvalue weighted by atomic mass is 9.74. The Bertz CT molecular complexity index is 3900. The lowest BCUT2D eigenvalue weighted by Gasteiger charge is -2.35. The van der Waals surface area contributed by atoms with Gasteiger partial charge < -0.3 is 67.4 Å². The summed E-state index contributed by atoms with van der Waals surface area (Å²) >= 11 is 0. The number of hydrogen-bond donors (Lipinski definition) is 9. The van der Waals surface area contributed by atoms with Crippen molar-refractivity contribution >= 4 is 86.2 Å². The Labute approximate surface area is 615 Å². The molecular formula is C75H106N18O11S. The summed E-state index contributed by atoms with van der Waals surface area (Å²) in [6.07, 6.45) is 14.3. The predicted molar refractivity (Wildman–Crippen MR) is 401 cm³/mol. The first-order chi connectivity index (χ1) is 50.2. The van der Waals surface area contributed by atoms with Crippen molar-refractivity contribution in [1.29, 1.82) is 0 Å². The molecule has 6 fully saturated rings. The van der Waals surface area contributed by atoms with Crippen LogP contribution in [0.1, 0.15) is 206 Å². The van der Waals surface area contributed by atoms with Crippen LogP contribution in [0, 0.1) is 18.8 Å². The number of hydrogen-bond acceptors (Lipinski definition) is 22. The number of aliphatic carboxylic acids is 2. The molecule has 30 heteroatoms. The number of allylic oxidation sites excluding steroid dienone is 1. The van der Waals surface area contributed by atoms with Crippen LogP contribution in [-0.2, 0) is 34.7 Å². The summed E-state index contributed by atoms with van der Waals surface area (Å²) in [4.78, 5) is 123. The van der Waals surface area contributed by atoms with Crippen LogP contribution in [0.5, 0.6) is 0 Å². The Morgan fingerprint density at radius 2 is 0.924 bits per heavy atom. The summed E-state index contributed by atoms with van der Waals surface area (Å²) in [7, 11) is -4.60. The molecule has 1 saturated carbocycles. The fraction of sp³-hybridized carbons (Fsp3) is 0.613. The standard InChI is InChI=1S/C75H106N18O11S/c1-46(2)75(4,5)60-45-59(57-19-18-56(105(102,103)104)44-58(57)47(60)3)51-42-61(66(96)78-30-10-6-8-12-63(94)80-54-26-38-92(39-27-54)71-84-65(48-14-16-52(76)17-15-48)83-70(85-71)89-32-20-49(21-33-89)68(98)99)82-62(43-51)67(97)79-31-11-7-9-13-64(95)81-55-28-40-93(41-29-55)74-87-72(90-34-22-50(23-35-90)69(100)101)86-73(88-74)91-36-24-53(77)25-37-91/h18-19,42-45,48-50,52-55H,1,6-17,20-41,76-77H2,2-5H3,(H,78,96)(H,79,97)(H,80,94)(H,81,95)(H,98,99)(H,100,101)(H,102,103,104). The van der Waals surface area contributed by atoms with E-state index < -0.39 is 39.3 Å². The van der Waals surface area contributed by atoms with Gasteiger partial charge in [0.2, 0.25) is 41.6 Å². The molecule has 568 valence electrons. The van der Waals surface area contributed by atoms with Gasteiger partial charge in [-0.3, -0.25) is 33.3 Å². The number of carbonyl (C=O) groups excluding carboxylic acids is 4. The molecule has 11 rings (SSSR count). The number of rotatable bonds is 28. The van der Waals surface area contributed by atoms with Gasteiger partial charge in [-0.1, -0.05) is 44.9 Å². The maximum absolute atomic E-state index is 14.3. The average Bonchev–Trinajstić information content (AvgIpc) is 0.743. The maximum atomic E-state index is 14.3. The number of carbonyl (C=O) groups is 6. The lowest BCUT2D eigenvalue weighted by molar-refractivity contribution is -0.143. The number of unbranched alkanes of at least 4 members (excludes halogenated alkanes) is 4. The molecule has 1 aliphatic carbocycles. The third-order valence-electron chi connectivity index (χ3n) is 22.5. The van der Waals surface area contributed by atoms with E-state index in [0.717, 1.165) is 74.1 Å². The SMILES string of the molecule is C=C(C)C(C)(C)c1cc(-c2cc(C(=O)NCCCCCC(=O)NC3CCN(c4nc(C5CCC(N)CC5)nc(N5CCC(C(=O)O)CC5)n4)CC3)nc(C(=O)NCCCCCC(=O)NC3CCN(c4nc(N5CCC(N)CC5)nc(N5CCC(C(=O)O)CC5)n4)CC3)c2)c2ccc(S(=O)(=O)O)cc2c1C. The van der Waals surface area contributed by atoms with Crippen LogP contribution in [0.2, 0.25) is 0 Å². The van der Waals surface area contributed by atoms with Crippen molar-refractivity contribution in [2.75, 3.05) is 103 Å². The Kier molecular flexibility index (Phi) is 25.5. The van der Waals surface area contributed by atoms with Crippen molar-refractivity contribution in [3.05, 3.63) is 76.9 Å². The minimum atomic E-state index is -4.60. The first kappa shape index (κ1) is 77.4. The highest BCUT2D eigenvalue weighted by Crippen LogP contribution is 2.42. The molecule has 4 amide bonds. The molecule has 0 unspecified atom stereocenters. The van der Waals surface area contributed by atoms with Crippen LogP contribution < -0.4 is 57.2 Å². The predicted octanol–water partition coefficient (Wildman–Crippen LogP) is 7.35. The second kappa shape index (κ2) is 34.7. The van der Waals surface area contributed by atoms with Gasteiger partial charge in [0.1, 0.15) is 17.2 Å². The molecule has 5 saturated heterocycles. The number of nitrogens with two attached hydrogens (primary N) is 2. The number of nitrogens with one attached hydrogen (secondary N) is 4. The van der Waals surface area contributed by atoms with Crippen molar-refractivity contribution in [3.8, 4) is 11.1 Å². The largest absolute Gasteiger partial charge is 0.481 e. The second-order valence-corrected chi connectivity index (χ2v) is 31.7. The van der Waals surface area contributed by atoms with Gasteiger partial charge in [0, 0.05) is 127 Å². The molecular weight excluding hydrogens is 1360 g/mol.